The van der Waals surface area contributed by atoms with E-state index in [2.05, 4.69) is 48.2 Å². The monoisotopic (exact) mass is 422 g/mol. The molecule has 0 aliphatic carbocycles. The number of amides is 2. The van der Waals surface area contributed by atoms with E-state index in [-0.39, 0.29) is 23.8 Å². The van der Waals surface area contributed by atoms with Crippen molar-refractivity contribution in [1.29, 1.82) is 0 Å². The van der Waals surface area contributed by atoms with Crippen LogP contribution in [-0.2, 0) is 9.59 Å². The van der Waals surface area contributed by atoms with Crippen LogP contribution < -0.4 is 10.2 Å². The van der Waals surface area contributed by atoms with Crippen molar-refractivity contribution < 1.29 is 9.59 Å². The molecule has 6 nitrogen and oxygen atoms in total. The van der Waals surface area contributed by atoms with E-state index < -0.39 is 0 Å². The van der Waals surface area contributed by atoms with Gasteiger partial charge in [0.25, 0.3) is 0 Å². The molecular weight excluding hydrogens is 388 g/mol. The highest BCUT2D eigenvalue weighted by atomic mass is 16.2. The number of anilines is 1. The van der Waals surface area contributed by atoms with Crippen molar-refractivity contribution in [2.24, 2.45) is 11.8 Å². The van der Waals surface area contributed by atoms with Gasteiger partial charge in [0, 0.05) is 51.2 Å². The molecule has 2 atom stereocenters. The van der Waals surface area contributed by atoms with Gasteiger partial charge in [-0.05, 0) is 42.5 Å². The van der Waals surface area contributed by atoms with Crippen molar-refractivity contribution in [3.05, 3.63) is 60.4 Å². The number of likely N-dealkylation sites (tertiary alicyclic amines) is 1. The minimum absolute atomic E-state index is 0.0254. The molecule has 1 N–H and O–H groups in total. The van der Waals surface area contributed by atoms with Gasteiger partial charge in [-0.25, -0.2) is 0 Å². The van der Waals surface area contributed by atoms with E-state index in [4.69, 9.17) is 0 Å². The van der Waals surface area contributed by atoms with E-state index in [9.17, 15) is 9.59 Å². The minimum Gasteiger partial charge on any atom is -0.375 e. The van der Waals surface area contributed by atoms with E-state index in [1.54, 1.807) is 12.4 Å². The fourth-order valence-electron chi connectivity index (χ4n) is 4.27. The lowest BCUT2D eigenvalue weighted by molar-refractivity contribution is -0.144. The Morgan fingerprint density at radius 3 is 2.68 bits per heavy atom. The lowest BCUT2D eigenvalue weighted by atomic mass is 9.83. The third-order valence-electron chi connectivity index (χ3n) is 5.80. The van der Waals surface area contributed by atoms with Gasteiger partial charge in [0.05, 0.1) is 12.0 Å². The summed E-state index contributed by atoms with van der Waals surface area (Å²) in [5, 5.41) is 3.12. The minimum atomic E-state index is -0.260. The molecule has 1 aliphatic rings. The summed E-state index contributed by atoms with van der Waals surface area (Å²) in [4.78, 5) is 34.2. The number of carbonyl (C=O) groups is 2. The second-order valence-electron chi connectivity index (χ2n) is 8.72. The second kappa shape index (κ2) is 10.9. The highest BCUT2D eigenvalue weighted by Crippen LogP contribution is 2.37. The number of aromatic nitrogens is 1. The Morgan fingerprint density at radius 1 is 1.23 bits per heavy atom. The number of nitrogens with one attached hydrogen (secondary N) is 1. The largest absolute Gasteiger partial charge is 0.375 e. The number of rotatable bonds is 9. The maximum Gasteiger partial charge on any atom is 0.225 e. The van der Waals surface area contributed by atoms with Crippen LogP contribution in [0.5, 0.6) is 0 Å². The molecule has 0 saturated carbocycles. The summed E-state index contributed by atoms with van der Waals surface area (Å²) in [6.07, 6.45) is 5.35. The van der Waals surface area contributed by atoms with E-state index >= 15 is 0 Å². The lowest BCUT2D eigenvalue weighted by Gasteiger charge is -2.41. The van der Waals surface area contributed by atoms with E-state index in [1.807, 2.05) is 35.2 Å². The summed E-state index contributed by atoms with van der Waals surface area (Å²) in [6.45, 7) is 6.31. The molecule has 1 aromatic carbocycles. The fraction of sp³-hybridized carbons (Fsp3) is 0.480. The van der Waals surface area contributed by atoms with Crippen LogP contribution in [0.25, 0.3) is 0 Å². The molecule has 1 aromatic heterocycles. The third-order valence-corrected chi connectivity index (χ3v) is 5.80. The van der Waals surface area contributed by atoms with Crippen molar-refractivity contribution in [2.75, 3.05) is 31.6 Å². The summed E-state index contributed by atoms with van der Waals surface area (Å²) < 4.78 is 0. The van der Waals surface area contributed by atoms with E-state index in [1.165, 1.54) is 5.69 Å². The third kappa shape index (κ3) is 6.06. The maximum absolute atomic E-state index is 13.2. The Hall–Kier alpha value is -2.89. The van der Waals surface area contributed by atoms with E-state index in [0.717, 1.165) is 18.5 Å². The first-order valence-electron chi connectivity index (χ1n) is 11.2. The quantitative estimate of drug-likeness (QED) is 0.627. The first-order chi connectivity index (χ1) is 15.0. The molecule has 166 valence electrons. The van der Waals surface area contributed by atoms with Gasteiger partial charge < -0.3 is 15.1 Å². The van der Waals surface area contributed by atoms with Gasteiger partial charge in [0.15, 0.2) is 0 Å². The topological polar surface area (TPSA) is 65.5 Å². The van der Waals surface area contributed by atoms with Gasteiger partial charge in [-0.15, -0.1) is 0 Å². The summed E-state index contributed by atoms with van der Waals surface area (Å²) >= 11 is 0. The summed E-state index contributed by atoms with van der Waals surface area (Å²) in [6, 6.07) is 13.8. The highest BCUT2D eigenvalue weighted by molar-refractivity contribution is 5.85. The highest BCUT2D eigenvalue weighted by Gasteiger charge is 2.40. The molecule has 6 heteroatoms. The second-order valence-corrected chi connectivity index (χ2v) is 8.72. The van der Waals surface area contributed by atoms with Gasteiger partial charge in [-0.3, -0.25) is 14.6 Å². The Balaban J connectivity index is 1.63. The summed E-state index contributed by atoms with van der Waals surface area (Å²) in [5.41, 5.74) is 2.10. The van der Waals surface area contributed by atoms with Crippen molar-refractivity contribution >= 4 is 17.5 Å². The lowest BCUT2D eigenvalue weighted by Crippen LogP contribution is -2.49. The molecule has 1 aliphatic heterocycles. The molecule has 1 fully saturated rings. The number of hydrogen-bond donors (Lipinski definition) is 1. The van der Waals surface area contributed by atoms with Crippen LogP contribution in [0.1, 0.15) is 44.7 Å². The predicted octanol–water partition coefficient (Wildman–Crippen LogP) is 3.66. The van der Waals surface area contributed by atoms with Crippen molar-refractivity contribution in [3.8, 4) is 0 Å². The summed E-state index contributed by atoms with van der Waals surface area (Å²) in [5.74, 6) is 0.222. The maximum atomic E-state index is 13.2. The Morgan fingerprint density at radius 2 is 2.00 bits per heavy atom. The number of para-hydroxylation sites is 1. The van der Waals surface area contributed by atoms with Crippen LogP contribution in [0, 0.1) is 11.8 Å². The first kappa shape index (κ1) is 22.8. The van der Waals surface area contributed by atoms with Crippen LogP contribution >= 0.6 is 0 Å². The molecule has 2 aromatic rings. The van der Waals surface area contributed by atoms with E-state index in [0.29, 0.717) is 31.8 Å². The Labute approximate surface area is 185 Å². The fourth-order valence-corrected chi connectivity index (χ4v) is 4.27. The van der Waals surface area contributed by atoms with Crippen molar-refractivity contribution in [2.45, 2.75) is 39.2 Å². The molecular formula is C25H34N4O2. The molecule has 2 amide bonds. The van der Waals surface area contributed by atoms with Crippen molar-refractivity contribution in [3.63, 3.8) is 0 Å². The smallest absolute Gasteiger partial charge is 0.225 e. The normalized spacial score (nSPS) is 18.8. The van der Waals surface area contributed by atoms with Crippen LogP contribution in [0.2, 0.25) is 0 Å². The van der Waals surface area contributed by atoms with Gasteiger partial charge in [-0.1, -0.05) is 38.1 Å². The molecule has 3 rings (SSSR count). The molecule has 0 radical (unpaired) electrons. The van der Waals surface area contributed by atoms with Gasteiger partial charge in [0.1, 0.15) is 0 Å². The SMILES string of the molecule is CC(C)CN1C(=O)CC[C@@H](C(=O)NCCCN(C)c2ccccc2)[C@@H]1c1cccnc1. The zero-order valence-electron chi connectivity index (χ0n) is 18.8. The van der Waals surface area contributed by atoms with Crippen molar-refractivity contribution in [1.82, 2.24) is 15.2 Å². The van der Waals surface area contributed by atoms with Gasteiger partial charge >= 0.3 is 0 Å². The van der Waals surface area contributed by atoms with Crippen LogP contribution in [0.3, 0.4) is 0 Å². The Bertz CT molecular complexity index is 841. The molecule has 2 heterocycles. The molecule has 0 bridgehead atoms. The predicted molar refractivity (Wildman–Crippen MR) is 124 cm³/mol. The first-order valence-corrected chi connectivity index (χ1v) is 11.2. The number of pyridine rings is 1. The van der Waals surface area contributed by atoms with Crippen LogP contribution in [-0.4, -0.2) is 48.4 Å². The number of nitrogens with zero attached hydrogens (tertiary/aromatic N) is 3. The number of carbonyl (C=O) groups excluding carboxylic acids is 2. The number of piperidine rings is 1. The average Bonchev–Trinajstić information content (AvgIpc) is 2.78. The Kier molecular flexibility index (Phi) is 8.04. The van der Waals surface area contributed by atoms with Crippen LogP contribution in [0.15, 0.2) is 54.9 Å². The number of hydrogen-bond acceptors (Lipinski definition) is 4. The zero-order valence-corrected chi connectivity index (χ0v) is 18.8. The molecule has 0 unspecified atom stereocenters. The molecule has 1 saturated heterocycles. The summed E-state index contributed by atoms with van der Waals surface area (Å²) in [7, 11) is 2.06. The average molecular weight is 423 g/mol. The van der Waals surface area contributed by atoms with Gasteiger partial charge in [-0.2, -0.15) is 0 Å². The van der Waals surface area contributed by atoms with Gasteiger partial charge in [0.2, 0.25) is 11.8 Å². The molecule has 0 spiro atoms. The van der Waals surface area contributed by atoms with Crippen LogP contribution in [0.4, 0.5) is 5.69 Å². The zero-order chi connectivity index (χ0) is 22.2. The standard InChI is InChI=1S/C25H34N4O2/c1-19(2)18-29-23(30)13-12-22(24(29)20-9-7-14-26-17-20)25(31)27-15-8-16-28(3)21-10-5-4-6-11-21/h4-7,9-11,14,17,19,22,24H,8,12-13,15-16,18H2,1-3H3,(H,27,31)/t22-,24+/m1/s1. The number of benzene rings is 1. The molecule has 31 heavy (non-hydrogen) atoms.